The van der Waals surface area contributed by atoms with Gasteiger partial charge in [0.25, 0.3) is 0 Å². The van der Waals surface area contributed by atoms with Crippen LogP contribution in [-0.2, 0) is 0 Å². The van der Waals surface area contributed by atoms with Gasteiger partial charge >= 0.3 is 0 Å². The Balaban J connectivity index is 0.000000292. The summed E-state index contributed by atoms with van der Waals surface area (Å²) in [5.41, 5.74) is 1.17. The van der Waals surface area contributed by atoms with E-state index in [0.717, 1.165) is 0 Å². The highest BCUT2D eigenvalue weighted by Crippen LogP contribution is 2.07. The zero-order valence-corrected chi connectivity index (χ0v) is 7.26. The number of hydrogen-bond donors (Lipinski definition) is 2. The SMILES string of the molecule is CNC.Cc1ccc(O)cc1. The van der Waals surface area contributed by atoms with Crippen molar-refractivity contribution in [2.24, 2.45) is 0 Å². The Morgan fingerprint density at radius 3 is 1.73 bits per heavy atom. The molecular weight excluding hydrogens is 138 g/mol. The van der Waals surface area contributed by atoms with Crippen molar-refractivity contribution in [3.8, 4) is 5.75 Å². The van der Waals surface area contributed by atoms with Gasteiger partial charge in [0.1, 0.15) is 5.75 Å². The molecule has 0 radical (unpaired) electrons. The molecule has 0 fully saturated rings. The Morgan fingerprint density at radius 1 is 1.09 bits per heavy atom. The molecule has 0 saturated heterocycles. The normalized spacial score (nSPS) is 8.27. The average molecular weight is 153 g/mol. The number of phenolic OH excluding ortho intramolecular Hbond substituents is 1. The molecule has 1 rings (SSSR count). The van der Waals surface area contributed by atoms with Crippen molar-refractivity contribution in [2.45, 2.75) is 6.92 Å². The summed E-state index contributed by atoms with van der Waals surface area (Å²) >= 11 is 0. The smallest absolute Gasteiger partial charge is 0.115 e. The molecule has 1 aromatic carbocycles. The third kappa shape index (κ3) is 5.43. The van der Waals surface area contributed by atoms with Crippen molar-refractivity contribution < 1.29 is 5.11 Å². The minimum atomic E-state index is 0.329. The van der Waals surface area contributed by atoms with Gasteiger partial charge in [-0.25, -0.2) is 0 Å². The zero-order chi connectivity index (χ0) is 8.69. The fraction of sp³-hybridized carbons (Fsp3) is 0.333. The molecule has 2 heteroatoms. The van der Waals surface area contributed by atoms with Crippen molar-refractivity contribution >= 4 is 0 Å². The lowest BCUT2D eigenvalue weighted by Gasteiger charge is -1.89. The van der Waals surface area contributed by atoms with Gasteiger partial charge in [0.2, 0.25) is 0 Å². The summed E-state index contributed by atoms with van der Waals surface area (Å²) < 4.78 is 0. The molecule has 0 spiro atoms. The highest BCUT2D eigenvalue weighted by Gasteiger charge is 1.82. The Hall–Kier alpha value is -1.02. The molecule has 1 aromatic rings. The van der Waals surface area contributed by atoms with Gasteiger partial charge in [-0.3, -0.25) is 0 Å². The van der Waals surface area contributed by atoms with Gasteiger partial charge in [0, 0.05) is 0 Å². The van der Waals surface area contributed by atoms with Crippen LogP contribution in [0.15, 0.2) is 24.3 Å². The van der Waals surface area contributed by atoms with Gasteiger partial charge in [-0.05, 0) is 33.2 Å². The van der Waals surface area contributed by atoms with Gasteiger partial charge in [0.15, 0.2) is 0 Å². The van der Waals surface area contributed by atoms with Crippen molar-refractivity contribution in [3.05, 3.63) is 29.8 Å². The first kappa shape index (κ1) is 9.98. The van der Waals surface area contributed by atoms with Crippen LogP contribution in [0, 0.1) is 6.92 Å². The molecule has 0 saturated carbocycles. The number of hydrogen-bond acceptors (Lipinski definition) is 2. The number of benzene rings is 1. The van der Waals surface area contributed by atoms with E-state index < -0.39 is 0 Å². The van der Waals surface area contributed by atoms with Crippen LogP contribution in [0.2, 0.25) is 0 Å². The summed E-state index contributed by atoms with van der Waals surface area (Å²) in [7, 11) is 3.75. The van der Waals surface area contributed by atoms with Crippen LogP contribution >= 0.6 is 0 Å². The van der Waals surface area contributed by atoms with Crippen molar-refractivity contribution in [1.29, 1.82) is 0 Å². The molecule has 62 valence electrons. The summed E-state index contributed by atoms with van der Waals surface area (Å²) in [5.74, 6) is 0.329. The number of aromatic hydroxyl groups is 1. The molecule has 0 heterocycles. The predicted octanol–water partition coefficient (Wildman–Crippen LogP) is 1.54. The molecule has 11 heavy (non-hydrogen) atoms. The van der Waals surface area contributed by atoms with Crippen LogP contribution in [0.5, 0.6) is 5.75 Å². The van der Waals surface area contributed by atoms with E-state index in [1.807, 2.05) is 33.2 Å². The monoisotopic (exact) mass is 153 g/mol. The van der Waals surface area contributed by atoms with E-state index in [2.05, 4.69) is 5.32 Å². The van der Waals surface area contributed by atoms with Gasteiger partial charge in [0.05, 0.1) is 0 Å². The lowest BCUT2D eigenvalue weighted by atomic mass is 10.2. The molecule has 0 unspecified atom stereocenters. The second kappa shape index (κ2) is 5.74. The number of aryl methyl sites for hydroxylation is 1. The maximum atomic E-state index is 8.76. The van der Waals surface area contributed by atoms with Crippen LogP contribution in [0.4, 0.5) is 0 Å². The highest BCUT2D eigenvalue weighted by atomic mass is 16.3. The molecule has 0 amide bonds. The first-order chi connectivity index (χ1) is 5.20. The molecule has 0 bridgehead atoms. The fourth-order valence-corrected chi connectivity index (χ4v) is 0.545. The highest BCUT2D eigenvalue weighted by molar-refractivity contribution is 5.24. The summed E-state index contributed by atoms with van der Waals surface area (Å²) in [5, 5.41) is 11.5. The molecular formula is C9H15NO. The van der Waals surface area contributed by atoms with Gasteiger partial charge in [-0.15, -0.1) is 0 Å². The number of phenols is 1. The fourth-order valence-electron chi connectivity index (χ4n) is 0.545. The van der Waals surface area contributed by atoms with Crippen LogP contribution in [0.25, 0.3) is 0 Å². The van der Waals surface area contributed by atoms with Crippen LogP contribution in [0.3, 0.4) is 0 Å². The van der Waals surface area contributed by atoms with Gasteiger partial charge in [-0.2, -0.15) is 0 Å². The van der Waals surface area contributed by atoms with E-state index in [9.17, 15) is 0 Å². The summed E-state index contributed by atoms with van der Waals surface area (Å²) in [6, 6.07) is 7.09. The molecule has 0 aliphatic heterocycles. The van der Waals surface area contributed by atoms with Crippen LogP contribution in [-0.4, -0.2) is 19.2 Å². The molecule has 2 N–H and O–H groups in total. The van der Waals surface area contributed by atoms with E-state index in [-0.39, 0.29) is 0 Å². The largest absolute Gasteiger partial charge is 0.508 e. The minimum Gasteiger partial charge on any atom is -0.508 e. The summed E-state index contributed by atoms with van der Waals surface area (Å²) in [6.07, 6.45) is 0. The average Bonchev–Trinajstić information content (AvgIpc) is 1.97. The first-order valence-corrected chi connectivity index (χ1v) is 3.54. The Bertz CT molecular complexity index is 160. The van der Waals surface area contributed by atoms with Gasteiger partial charge < -0.3 is 10.4 Å². The second-order valence-electron chi connectivity index (χ2n) is 2.34. The Labute approximate surface area is 67.9 Å². The quantitative estimate of drug-likeness (QED) is 0.592. The van der Waals surface area contributed by atoms with E-state index in [1.54, 1.807) is 12.1 Å². The summed E-state index contributed by atoms with van der Waals surface area (Å²) in [4.78, 5) is 0. The van der Waals surface area contributed by atoms with E-state index in [1.165, 1.54) is 5.56 Å². The minimum absolute atomic E-state index is 0.329. The number of rotatable bonds is 0. The van der Waals surface area contributed by atoms with E-state index in [0.29, 0.717) is 5.75 Å². The third-order valence-corrected chi connectivity index (χ3v) is 1.03. The lowest BCUT2D eigenvalue weighted by Crippen LogP contribution is -1.89. The van der Waals surface area contributed by atoms with Crippen molar-refractivity contribution in [2.75, 3.05) is 14.1 Å². The maximum Gasteiger partial charge on any atom is 0.115 e. The van der Waals surface area contributed by atoms with Crippen LogP contribution < -0.4 is 5.32 Å². The second-order valence-corrected chi connectivity index (χ2v) is 2.34. The van der Waals surface area contributed by atoms with Gasteiger partial charge in [-0.1, -0.05) is 17.7 Å². The van der Waals surface area contributed by atoms with Crippen molar-refractivity contribution in [1.82, 2.24) is 5.32 Å². The maximum absolute atomic E-state index is 8.76. The molecule has 0 atom stereocenters. The Morgan fingerprint density at radius 2 is 1.45 bits per heavy atom. The zero-order valence-electron chi connectivity index (χ0n) is 7.26. The predicted molar refractivity (Wildman–Crippen MR) is 47.8 cm³/mol. The topological polar surface area (TPSA) is 32.3 Å². The van der Waals surface area contributed by atoms with Crippen LogP contribution in [0.1, 0.15) is 5.56 Å². The van der Waals surface area contributed by atoms with E-state index in [4.69, 9.17) is 5.11 Å². The summed E-state index contributed by atoms with van der Waals surface area (Å²) in [6.45, 7) is 1.99. The first-order valence-electron chi connectivity index (χ1n) is 3.54. The third-order valence-electron chi connectivity index (χ3n) is 1.03. The molecule has 0 aromatic heterocycles. The molecule has 2 nitrogen and oxygen atoms in total. The standard InChI is InChI=1S/C7H8O.C2H7N/c1-6-2-4-7(8)5-3-6;1-3-2/h2-5,8H,1H3;3H,1-2H3. The Kier molecular flexibility index (Phi) is 5.21. The van der Waals surface area contributed by atoms with E-state index >= 15 is 0 Å². The van der Waals surface area contributed by atoms with Crippen molar-refractivity contribution in [3.63, 3.8) is 0 Å². The lowest BCUT2D eigenvalue weighted by molar-refractivity contribution is 0.475. The molecule has 0 aliphatic carbocycles. The number of nitrogens with one attached hydrogen (secondary N) is 1. The molecule has 0 aliphatic rings.